The lowest BCUT2D eigenvalue weighted by Crippen LogP contribution is -1.92. The molecule has 1 aromatic carbocycles. The second kappa shape index (κ2) is 4.90. The van der Waals surface area contributed by atoms with Gasteiger partial charge in [-0.15, -0.1) is 11.3 Å². The molecule has 0 radical (unpaired) electrons. The molecule has 0 aliphatic carbocycles. The van der Waals surface area contributed by atoms with Gasteiger partial charge in [0.2, 0.25) is 0 Å². The van der Waals surface area contributed by atoms with Crippen molar-refractivity contribution in [3.63, 3.8) is 0 Å². The average molecular weight is 228 g/mol. The molecule has 80 valence electrons. The standard InChI is InChI=1S/C14H12OS/c1-11-9-10-16-14(11)8-7-13(15)12-5-3-2-4-6-12/h2-10H,1H3/b8-7+. The van der Waals surface area contributed by atoms with E-state index in [-0.39, 0.29) is 5.78 Å². The number of benzene rings is 1. The molecule has 2 aromatic rings. The maximum Gasteiger partial charge on any atom is 0.185 e. The van der Waals surface area contributed by atoms with Crippen molar-refractivity contribution in [1.29, 1.82) is 0 Å². The number of carbonyl (C=O) groups is 1. The van der Waals surface area contributed by atoms with Gasteiger partial charge in [-0.2, -0.15) is 0 Å². The lowest BCUT2D eigenvalue weighted by molar-refractivity contribution is 0.104. The summed E-state index contributed by atoms with van der Waals surface area (Å²) in [5.41, 5.74) is 1.94. The van der Waals surface area contributed by atoms with Gasteiger partial charge in [0.25, 0.3) is 0 Å². The summed E-state index contributed by atoms with van der Waals surface area (Å²) in [7, 11) is 0. The Labute approximate surface area is 99.1 Å². The van der Waals surface area contributed by atoms with Crippen LogP contribution < -0.4 is 0 Å². The molecule has 0 amide bonds. The molecule has 1 heterocycles. The van der Waals surface area contributed by atoms with Crippen molar-refractivity contribution in [1.82, 2.24) is 0 Å². The third-order valence-electron chi connectivity index (χ3n) is 2.35. The van der Waals surface area contributed by atoms with Gasteiger partial charge in [-0.05, 0) is 36.1 Å². The fourth-order valence-corrected chi connectivity index (χ4v) is 2.22. The molecule has 0 N–H and O–H groups in total. The van der Waals surface area contributed by atoms with E-state index in [4.69, 9.17) is 0 Å². The number of rotatable bonds is 3. The second-order valence-corrected chi connectivity index (χ2v) is 4.48. The first-order valence-electron chi connectivity index (χ1n) is 5.09. The number of ketones is 1. The number of carbonyl (C=O) groups excluding carboxylic acids is 1. The predicted molar refractivity (Wildman–Crippen MR) is 68.9 cm³/mol. The minimum Gasteiger partial charge on any atom is -0.289 e. The first-order valence-corrected chi connectivity index (χ1v) is 5.97. The van der Waals surface area contributed by atoms with Gasteiger partial charge in [0.1, 0.15) is 0 Å². The molecule has 0 aliphatic rings. The van der Waals surface area contributed by atoms with Gasteiger partial charge >= 0.3 is 0 Å². The van der Waals surface area contributed by atoms with Crippen LogP contribution in [0, 0.1) is 6.92 Å². The normalized spacial score (nSPS) is 10.8. The van der Waals surface area contributed by atoms with E-state index < -0.39 is 0 Å². The fraction of sp³-hybridized carbons (Fsp3) is 0.0714. The summed E-state index contributed by atoms with van der Waals surface area (Å²) in [5.74, 6) is 0.0494. The zero-order valence-electron chi connectivity index (χ0n) is 9.01. The summed E-state index contributed by atoms with van der Waals surface area (Å²) in [5, 5.41) is 2.03. The predicted octanol–water partition coefficient (Wildman–Crippen LogP) is 3.95. The van der Waals surface area contributed by atoms with Crippen molar-refractivity contribution in [2.45, 2.75) is 6.92 Å². The van der Waals surface area contributed by atoms with Gasteiger partial charge in [-0.3, -0.25) is 4.79 Å². The minimum absolute atomic E-state index is 0.0494. The topological polar surface area (TPSA) is 17.1 Å². The molecule has 16 heavy (non-hydrogen) atoms. The Kier molecular flexibility index (Phi) is 3.32. The summed E-state index contributed by atoms with van der Waals surface area (Å²) >= 11 is 1.65. The molecule has 2 heteroatoms. The van der Waals surface area contributed by atoms with Crippen LogP contribution in [0.5, 0.6) is 0 Å². The average Bonchev–Trinajstić information content (AvgIpc) is 2.73. The zero-order chi connectivity index (χ0) is 11.4. The third kappa shape index (κ3) is 2.47. The van der Waals surface area contributed by atoms with Gasteiger partial charge in [-0.1, -0.05) is 30.3 Å². The van der Waals surface area contributed by atoms with E-state index in [9.17, 15) is 4.79 Å². The van der Waals surface area contributed by atoms with Gasteiger partial charge in [0.15, 0.2) is 5.78 Å². The number of hydrogen-bond donors (Lipinski definition) is 0. The molecule has 0 fully saturated rings. The Morgan fingerprint density at radius 2 is 1.94 bits per heavy atom. The van der Waals surface area contributed by atoms with Crippen LogP contribution in [0.1, 0.15) is 20.8 Å². The van der Waals surface area contributed by atoms with Crippen molar-refractivity contribution < 1.29 is 4.79 Å². The summed E-state index contributed by atoms with van der Waals surface area (Å²) < 4.78 is 0. The van der Waals surface area contributed by atoms with Gasteiger partial charge in [-0.25, -0.2) is 0 Å². The molecule has 0 saturated carbocycles. The van der Waals surface area contributed by atoms with Gasteiger partial charge in [0.05, 0.1) is 0 Å². The van der Waals surface area contributed by atoms with E-state index in [0.29, 0.717) is 0 Å². The second-order valence-electron chi connectivity index (χ2n) is 3.53. The Balaban J connectivity index is 2.15. The SMILES string of the molecule is Cc1ccsc1/C=C/C(=O)c1ccccc1. The van der Waals surface area contributed by atoms with E-state index in [1.807, 2.05) is 48.7 Å². The van der Waals surface area contributed by atoms with Crippen molar-refractivity contribution in [3.05, 3.63) is 63.9 Å². The summed E-state index contributed by atoms with van der Waals surface area (Å²) in [6, 6.07) is 11.4. The highest BCUT2D eigenvalue weighted by molar-refractivity contribution is 7.11. The largest absolute Gasteiger partial charge is 0.289 e. The number of aryl methyl sites for hydroxylation is 1. The Hall–Kier alpha value is -1.67. The maximum atomic E-state index is 11.8. The first kappa shape index (κ1) is 10.8. The van der Waals surface area contributed by atoms with E-state index in [2.05, 4.69) is 6.07 Å². The highest BCUT2D eigenvalue weighted by atomic mass is 32.1. The maximum absolute atomic E-state index is 11.8. The van der Waals surface area contributed by atoms with Crippen molar-refractivity contribution in [3.8, 4) is 0 Å². The van der Waals surface area contributed by atoms with E-state index in [1.165, 1.54) is 5.56 Å². The lowest BCUT2D eigenvalue weighted by Gasteiger charge is -1.94. The molecule has 0 spiro atoms. The number of allylic oxidation sites excluding steroid dienone is 1. The molecule has 0 bridgehead atoms. The van der Waals surface area contributed by atoms with E-state index >= 15 is 0 Å². The molecular weight excluding hydrogens is 216 g/mol. The monoisotopic (exact) mass is 228 g/mol. The van der Waals surface area contributed by atoms with Crippen LogP contribution in [0.4, 0.5) is 0 Å². The van der Waals surface area contributed by atoms with Crippen LogP contribution in [-0.2, 0) is 0 Å². The Morgan fingerprint density at radius 1 is 1.19 bits per heavy atom. The summed E-state index contributed by atoms with van der Waals surface area (Å²) in [4.78, 5) is 12.9. The molecule has 0 unspecified atom stereocenters. The molecule has 1 aromatic heterocycles. The van der Waals surface area contributed by atoms with Gasteiger partial charge < -0.3 is 0 Å². The summed E-state index contributed by atoms with van der Waals surface area (Å²) in [6.07, 6.45) is 3.52. The number of thiophene rings is 1. The Morgan fingerprint density at radius 3 is 2.56 bits per heavy atom. The lowest BCUT2D eigenvalue weighted by atomic mass is 10.1. The Bertz CT molecular complexity index is 509. The molecule has 0 atom stereocenters. The molecule has 2 rings (SSSR count). The van der Waals surface area contributed by atoms with Crippen molar-refractivity contribution >= 4 is 23.2 Å². The van der Waals surface area contributed by atoms with Crippen LogP contribution in [0.25, 0.3) is 6.08 Å². The number of hydrogen-bond acceptors (Lipinski definition) is 2. The van der Waals surface area contributed by atoms with Crippen LogP contribution in [0.15, 0.2) is 47.9 Å². The highest BCUT2D eigenvalue weighted by Crippen LogP contribution is 2.17. The molecular formula is C14H12OS. The van der Waals surface area contributed by atoms with Crippen molar-refractivity contribution in [2.75, 3.05) is 0 Å². The summed E-state index contributed by atoms with van der Waals surface area (Å²) in [6.45, 7) is 2.04. The van der Waals surface area contributed by atoms with Crippen LogP contribution in [0.2, 0.25) is 0 Å². The quantitative estimate of drug-likeness (QED) is 0.574. The minimum atomic E-state index is 0.0494. The fourth-order valence-electron chi connectivity index (χ4n) is 1.41. The zero-order valence-corrected chi connectivity index (χ0v) is 9.83. The van der Waals surface area contributed by atoms with Gasteiger partial charge in [0, 0.05) is 10.4 Å². The van der Waals surface area contributed by atoms with Crippen LogP contribution >= 0.6 is 11.3 Å². The van der Waals surface area contributed by atoms with E-state index in [0.717, 1.165) is 10.4 Å². The highest BCUT2D eigenvalue weighted by Gasteiger charge is 2.00. The smallest absolute Gasteiger partial charge is 0.185 e. The van der Waals surface area contributed by atoms with E-state index in [1.54, 1.807) is 17.4 Å². The first-order chi connectivity index (χ1) is 7.77. The third-order valence-corrected chi connectivity index (χ3v) is 3.33. The molecule has 0 aliphatic heterocycles. The van der Waals surface area contributed by atoms with Crippen LogP contribution in [-0.4, -0.2) is 5.78 Å². The molecule has 1 nitrogen and oxygen atoms in total. The molecule has 0 saturated heterocycles. The van der Waals surface area contributed by atoms with Crippen molar-refractivity contribution in [2.24, 2.45) is 0 Å². The van der Waals surface area contributed by atoms with Crippen LogP contribution in [0.3, 0.4) is 0 Å².